The Bertz CT molecular complexity index is 1650. The van der Waals surface area contributed by atoms with Crippen LogP contribution in [0.2, 0.25) is 0 Å². The molecule has 0 spiro atoms. The molecule has 0 heterocycles. The summed E-state index contributed by atoms with van der Waals surface area (Å²) in [6.07, 6.45) is 4.01. The second-order valence-electron chi connectivity index (χ2n) is 11.1. The highest BCUT2D eigenvalue weighted by Crippen LogP contribution is 2.49. The molecule has 1 nitrogen and oxygen atoms in total. The number of alkyl halides is 2. The highest BCUT2D eigenvalue weighted by atomic mass is 19.3. The molecule has 6 rings (SSSR count). The molecule has 4 aromatic carbocycles. The molecule has 0 aliphatic heterocycles. The molecule has 37 heavy (non-hydrogen) atoms. The van der Waals surface area contributed by atoms with Crippen LogP contribution >= 0.6 is 0 Å². The van der Waals surface area contributed by atoms with Gasteiger partial charge in [0.2, 0.25) is 0 Å². The minimum absolute atomic E-state index is 0.153. The van der Waals surface area contributed by atoms with Crippen molar-refractivity contribution in [1.82, 2.24) is 0 Å². The number of rotatable bonds is 3. The maximum atomic E-state index is 14.9. The first-order valence-corrected chi connectivity index (χ1v) is 13.1. The lowest BCUT2D eigenvalue weighted by Gasteiger charge is -2.35. The SMILES string of the molecule is CC(C)c1ccc2c(c1-c1c(C(C)C)ccc3cc4ccccc4cc13)C(=O)C1=CC=CC(F)(F)C1C2. The number of hydrogen-bond acceptors (Lipinski definition) is 1. The molecule has 0 amide bonds. The number of allylic oxidation sites excluding steroid dienone is 4. The third-order valence-electron chi connectivity index (χ3n) is 8.08. The van der Waals surface area contributed by atoms with Crippen molar-refractivity contribution in [3.05, 3.63) is 107 Å². The van der Waals surface area contributed by atoms with Gasteiger partial charge in [-0.15, -0.1) is 0 Å². The van der Waals surface area contributed by atoms with Crippen LogP contribution in [-0.4, -0.2) is 11.7 Å². The van der Waals surface area contributed by atoms with Crippen molar-refractivity contribution in [1.29, 1.82) is 0 Å². The lowest BCUT2D eigenvalue weighted by Crippen LogP contribution is -2.38. The van der Waals surface area contributed by atoms with Crippen LogP contribution in [0.4, 0.5) is 8.78 Å². The van der Waals surface area contributed by atoms with Crippen molar-refractivity contribution in [2.45, 2.75) is 51.9 Å². The molecule has 3 heteroatoms. The Morgan fingerprint density at radius 3 is 2.14 bits per heavy atom. The third-order valence-corrected chi connectivity index (χ3v) is 8.08. The first-order chi connectivity index (χ1) is 17.7. The van der Waals surface area contributed by atoms with Gasteiger partial charge in [0.25, 0.3) is 5.92 Å². The van der Waals surface area contributed by atoms with Gasteiger partial charge >= 0.3 is 0 Å². The molecule has 1 unspecified atom stereocenters. The number of fused-ring (bicyclic) bond motifs is 4. The molecule has 0 bridgehead atoms. The van der Waals surface area contributed by atoms with E-state index in [2.05, 4.69) is 70.2 Å². The number of carbonyl (C=O) groups excluding carboxylic acids is 1. The van der Waals surface area contributed by atoms with E-state index in [1.807, 2.05) is 18.2 Å². The molecule has 2 aliphatic carbocycles. The quantitative estimate of drug-likeness (QED) is 0.260. The van der Waals surface area contributed by atoms with Crippen LogP contribution in [0.1, 0.15) is 66.6 Å². The Hall–Kier alpha value is -3.59. The summed E-state index contributed by atoms with van der Waals surface area (Å²) in [6, 6.07) is 21.0. The predicted molar refractivity (Wildman–Crippen MR) is 149 cm³/mol. The topological polar surface area (TPSA) is 17.1 Å². The van der Waals surface area contributed by atoms with Gasteiger partial charge in [0.05, 0.1) is 5.92 Å². The van der Waals surface area contributed by atoms with Crippen molar-refractivity contribution in [2.75, 3.05) is 0 Å². The molecule has 0 aromatic heterocycles. The van der Waals surface area contributed by atoms with Crippen molar-refractivity contribution in [2.24, 2.45) is 5.92 Å². The van der Waals surface area contributed by atoms with Gasteiger partial charge in [-0.25, -0.2) is 8.78 Å². The number of benzene rings is 4. The van der Waals surface area contributed by atoms with E-state index in [0.29, 0.717) is 11.1 Å². The van der Waals surface area contributed by atoms with E-state index in [9.17, 15) is 13.6 Å². The molecule has 4 aromatic rings. The minimum atomic E-state index is -3.03. The summed E-state index contributed by atoms with van der Waals surface area (Å²) in [7, 11) is 0. The van der Waals surface area contributed by atoms with Crippen LogP contribution in [0.3, 0.4) is 0 Å². The average molecular weight is 493 g/mol. The van der Waals surface area contributed by atoms with Crippen LogP contribution in [-0.2, 0) is 6.42 Å². The summed E-state index contributed by atoms with van der Waals surface area (Å²) >= 11 is 0. The predicted octanol–water partition coefficient (Wildman–Crippen LogP) is 9.39. The number of ketones is 1. The number of halogens is 2. The average Bonchev–Trinajstić information content (AvgIpc) is 2.86. The monoisotopic (exact) mass is 492 g/mol. The van der Waals surface area contributed by atoms with Gasteiger partial charge in [0.1, 0.15) is 0 Å². The Balaban J connectivity index is 1.74. The Morgan fingerprint density at radius 1 is 0.784 bits per heavy atom. The maximum absolute atomic E-state index is 14.9. The molecular weight excluding hydrogens is 462 g/mol. The minimum Gasteiger partial charge on any atom is -0.289 e. The number of hydrogen-bond donors (Lipinski definition) is 0. The third kappa shape index (κ3) is 3.67. The Labute approximate surface area is 216 Å². The normalized spacial score (nSPS) is 18.4. The number of carbonyl (C=O) groups is 1. The molecule has 186 valence electrons. The smallest absolute Gasteiger partial charge is 0.273 e. The molecule has 0 N–H and O–H groups in total. The largest absolute Gasteiger partial charge is 0.289 e. The maximum Gasteiger partial charge on any atom is 0.273 e. The summed E-state index contributed by atoms with van der Waals surface area (Å²) in [5.74, 6) is -4.04. The lowest BCUT2D eigenvalue weighted by molar-refractivity contribution is 0.00279. The summed E-state index contributed by atoms with van der Waals surface area (Å²) in [6.45, 7) is 8.60. The summed E-state index contributed by atoms with van der Waals surface area (Å²) < 4.78 is 29.8. The fourth-order valence-corrected chi connectivity index (χ4v) is 6.20. The van der Waals surface area contributed by atoms with E-state index in [0.717, 1.165) is 49.9 Å². The van der Waals surface area contributed by atoms with Crippen LogP contribution in [0.15, 0.2) is 84.5 Å². The molecule has 0 saturated carbocycles. The van der Waals surface area contributed by atoms with Crippen LogP contribution in [0, 0.1) is 5.92 Å². The van der Waals surface area contributed by atoms with Gasteiger partial charge in [0.15, 0.2) is 5.78 Å². The van der Waals surface area contributed by atoms with Crippen molar-refractivity contribution in [3.8, 4) is 11.1 Å². The summed E-state index contributed by atoms with van der Waals surface area (Å²) in [4.78, 5) is 14.1. The van der Waals surface area contributed by atoms with Crippen molar-refractivity contribution in [3.63, 3.8) is 0 Å². The second kappa shape index (κ2) is 8.48. The standard InChI is InChI=1S/C34H30F2O/c1-19(2)25-13-11-23-16-21-8-5-6-9-22(21)17-28(23)31(25)32-26(20(3)4)14-12-24-18-29-27(33(37)30(24)32)10-7-15-34(29,35)36/h5-17,19-20,29H,18H2,1-4H3. The Kier molecular flexibility index (Phi) is 5.45. The van der Waals surface area contributed by atoms with E-state index >= 15 is 0 Å². The van der Waals surface area contributed by atoms with Gasteiger partial charge in [-0.2, -0.15) is 0 Å². The van der Waals surface area contributed by atoms with Crippen LogP contribution in [0.25, 0.3) is 32.7 Å². The van der Waals surface area contributed by atoms with Crippen molar-refractivity contribution >= 4 is 27.3 Å². The zero-order valence-corrected chi connectivity index (χ0v) is 21.6. The summed E-state index contributed by atoms with van der Waals surface area (Å²) in [5, 5.41) is 4.51. The van der Waals surface area contributed by atoms with E-state index < -0.39 is 11.8 Å². The van der Waals surface area contributed by atoms with Gasteiger partial charge in [0, 0.05) is 11.1 Å². The van der Waals surface area contributed by atoms with Gasteiger partial charge in [-0.3, -0.25) is 4.79 Å². The zero-order chi connectivity index (χ0) is 26.1. The van der Waals surface area contributed by atoms with E-state index in [-0.39, 0.29) is 29.6 Å². The van der Waals surface area contributed by atoms with Crippen LogP contribution < -0.4 is 0 Å². The molecule has 2 aliphatic rings. The first-order valence-electron chi connectivity index (χ1n) is 13.1. The first kappa shape index (κ1) is 23.8. The number of Topliss-reactive ketones (excluding diaryl/α,β-unsaturated/α-hetero) is 1. The molecule has 0 saturated heterocycles. The van der Waals surface area contributed by atoms with Gasteiger partial charge in [-0.05, 0) is 85.8 Å². The molecule has 0 fully saturated rings. The second-order valence-corrected chi connectivity index (χ2v) is 11.1. The molecular formula is C34H30F2O. The molecule has 0 radical (unpaired) electrons. The van der Waals surface area contributed by atoms with E-state index in [1.54, 1.807) is 6.08 Å². The Morgan fingerprint density at radius 2 is 1.43 bits per heavy atom. The van der Waals surface area contributed by atoms with Crippen molar-refractivity contribution < 1.29 is 13.6 Å². The fourth-order valence-electron chi connectivity index (χ4n) is 6.20. The lowest BCUT2D eigenvalue weighted by atomic mass is 9.70. The van der Waals surface area contributed by atoms with Gasteiger partial charge in [-0.1, -0.05) is 88.4 Å². The van der Waals surface area contributed by atoms with E-state index in [1.165, 1.54) is 6.08 Å². The fraction of sp³-hybridized carbons (Fsp3) is 0.265. The molecule has 1 atom stereocenters. The highest BCUT2D eigenvalue weighted by molar-refractivity contribution is 6.18. The van der Waals surface area contributed by atoms with Gasteiger partial charge < -0.3 is 0 Å². The highest BCUT2D eigenvalue weighted by Gasteiger charge is 2.47. The summed E-state index contributed by atoms with van der Waals surface area (Å²) in [5.41, 5.74) is 5.75. The van der Waals surface area contributed by atoms with E-state index in [4.69, 9.17) is 0 Å². The zero-order valence-electron chi connectivity index (χ0n) is 21.6. The van der Waals surface area contributed by atoms with Crippen LogP contribution in [0.5, 0.6) is 0 Å².